The lowest BCUT2D eigenvalue weighted by Gasteiger charge is -2.03. The van der Waals surface area contributed by atoms with Gasteiger partial charge in [0.25, 0.3) is 0 Å². The average Bonchev–Trinajstić information content (AvgIpc) is 1.61. The number of hydrogen-bond acceptors (Lipinski definition) is 4. The second kappa shape index (κ2) is 3.80. The van der Waals surface area contributed by atoms with Crippen molar-refractivity contribution in [3.63, 3.8) is 0 Å². The molecular formula is C4H11NO3. The Hall–Kier alpha value is -0.160. The van der Waals surface area contributed by atoms with Crippen molar-refractivity contribution in [1.29, 1.82) is 0 Å². The van der Waals surface area contributed by atoms with Crippen LogP contribution in [0.2, 0.25) is 0 Å². The van der Waals surface area contributed by atoms with Crippen molar-refractivity contribution in [3.8, 4) is 0 Å². The minimum Gasteiger partial charge on any atom is -0.379 e. The van der Waals surface area contributed by atoms with Gasteiger partial charge < -0.3 is 21.1 Å². The molecule has 4 heteroatoms. The lowest BCUT2D eigenvalue weighted by atomic mass is 10.3. The first-order chi connectivity index (χ1) is 3.63. The third-order valence-electron chi connectivity index (χ3n) is 0.721. The molecule has 0 heterocycles. The molecule has 0 aromatic heterocycles. The Morgan fingerprint density at radius 1 is 1.12 bits per heavy atom. The molecule has 8 heavy (non-hydrogen) atoms. The highest BCUT2D eigenvalue weighted by Crippen LogP contribution is 1.93. The van der Waals surface area contributed by atoms with Gasteiger partial charge in [-0.05, 0) is 6.42 Å². The van der Waals surface area contributed by atoms with Gasteiger partial charge in [0.1, 0.15) is 6.23 Å². The predicted octanol–water partition coefficient (Wildman–Crippen LogP) is -1.65. The third-order valence-corrected chi connectivity index (χ3v) is 0.721. The van der Waals surface area contributed by atoms with Crippen molar-refractivity contribution in [2.75, 3.05) is 0 Å². The van der Waals surface area contributed by atoms with Crippen LogP contribution >= 0.6 is 0 Å². The molecule has 1 atom stereocenters. The van der Waals surface area contributed by atoms with Crippen LogP contribution < -0.4 is 5.73 Å². The molecule has 5 N–H and O–H groups in total. The topological polar surface area (TPSA) is 86.7 Å². The quantitative estimate of drug-likeness (QED) is 0.337. The van der Waals surface area contributed by atoms with Crippen LogP contribution in [0.15, 0.2) is 0 Å². The molecule has 0 rings (SSSR count). The predicted molar refractivity (Wildman–Crippen MR) is 27.7 cm³/mol. The normalized spacial score (nSPS) is 14.6. The van der Waals surface area contributed by atoms with Crippen molar-refractivity contribution in [2.24, 2.45) is 5.73 Å². The molecule has 0 fully saturated rings. The molecule has 0 aliphatic carbocycles. The Kier molecular flexibility index (Phi) is 3.72. The molecule has 0 aliphatic heterocycles. The molecule has 0 saturated carbocycles. The Morgan fingerprint density at radius 3 is 1.75 bits per heavy atom. The van der Waals surface area contributed by atoms with Crippen LogP contribution in [-0.2, 0) is 0 Å². The molecule has 0 radical (unpaired) electrons. The van der Waals surface area contributed by atoms with Crippen LogP contribution in [0.5, 0.6) is 0 Å². The van der Waals surface area contributed by atoms with Crippen molar-refractivity contribution < 1.29 is 15.3 Å². The van der Waals surface area contributed by atoms with Crippen LogP contribution in [0.4, 0.5) is 0 Å². The smallest absolute Gasteiger partial charge is 0.151 e. The fourth-order valence-electron chi connectivity index (χ4n) is 0.320. The van der Waals surface area contributed by atoms with Gasteiger partial charge in [-0.1, -0.05) is 0 Å². The molecule has 0 spiro atoms. The van der Waals surface area contributed by atoms with E-state index in [4.69, 9.17) is 21.1 Å². The molecule has 0 aliphatic rings. The van der Waals surface area contributed by atoms with E-state index < -0.39 is 12.5 Å². The van der Waals surface area contributed by atoms with E-state index in [-0.39, 0.29) is 12.8 Å². The molecule has 0 aromatic carbocycles. The number of nitrogens with two attached hydrogens (primary N) is 1. The highest BCUT2D eigenvalue weighted by molar-refractivity contribution is 4.45. The molecule has 0 saturated heterocycles. The maximum absolute atomic E-state index is 8.36. The third kappa shape index (κ3) is 5.84. The zero-order valence-electron chi connectivity index (χ0n) is 4.49. The van der Waals surface area contributed by atoms with Crippen LogP contribution in [0.1, 0.15) is 12.8 Å². The molecule has 0 aromatic rings. The van der Waals surface area contributed by atoms with Gasteiger partial charge in [0.05, 0.1) is 0 Å². The fourth-order valence-corrected chi connectivity index (χ4v) is 0.320. The van der Waals surface area contributed by atoms with E-state index in [0.717, 1.165) is 0 Å². The van der Waals surface area contributed by atoms with E-state index in [0.29, 0.717) is 0 Å². The van der Waals surface area contributed by atoms with Gasteiger partial charge in [-0.3, -0.25) is 0 Å². The van der Waals surface area contributed by atoms with Gasteiger partial charge in [0.15, 0.2) is 6.29 Å². The SMILES string of the molecule is NC(O)CCC(O)O. The number of aliphatic hydroxyl groups excluding tert-OH is 2. The van der Waals surface area contributed by atoms with Crippen LogP contribution in [0, 0.1) is 0 Å². The van der Waals surface area contributed by atoms with Crippen molar-refractivity contribution in [1.82, 2.24) is 0 Å². The molecule has 0 amide bonds. The zero-order chi connectivity index (χ0) is 6.57. The highest BCUT2D eigenvalue weighted by Gasteiger charge is 1.99. The van der Waals surface area contributed by atoms with E-state index in [1.54, 1.807) is 0 Å². The minimum absolute atomic E-state index is 0.123. The van der Waals surface area contributed by atoms with Gasteiger partial charge in [-0.15, -0.1) is 0 Å². The summed E-state index contributed by atoms with van der Waals surface area (Å²) in [7, 11) is 0. The number of aliphatic hydroxyl groups is 3. The summed E-state index contributed by atoms with van der Waals surface area (Å²) >= 11 is 0. The lowest BCUT2D eigenvalue weighted by Crippen LogP contribution is -2.20. The van der Waals surface area contributed by atoms with Crippen molar-refractivity contribution >= 4 is 0 Å². The maximum atomic E-state index is 8.36. The van der Waals surface area contributed by atoms with Crippen LogP contribution in [-0.4, -0.2) is 27.8 Å². The molecule has 50 valence electrons. The van der Waals surface area contributed by atoms with Gasteiger partial charge in [-0.2, -0.15) is 0 Å². The Labute approximate surface area is 47.6 Å². The van der Waals surface area contributed by atoms with Gasteiger partial charge >= 0.3 is 0 Å². The lowest BCUT2D eigenvalue weighted by molar-refractivity contribution is -0.0527. The maximum Gasteiger partial charge on any atom is 0.151 e. The summed E-state index contributed by atoms with van der Waals surface area (Å²) in [5.41, 5.74) is 4.87. The molecular weight excluding hydrogens is 110 g/mol. The Bertz CT molecular complexity index is 47.2. The first-order valence-corrected chi connectivity index (χ1v) is 2.42. The standard InChI is InChI=1S/C4H11NO3/c5-3(6)1-2-4(7)8/h3-4,6-8H,1-2,5H2. The van der Waals surface area contributed by atoms with Gasteiger partial charge in [-0.25, -0.2) is 0 Å². The van der Waals surface area contributed by atoms with E-state index in [1.807, 2.05) is 0 Å². The number of hydrogen-bond donors (Lipinski definition) is 4. The largest absolute Gasteiger partial charge is 0.379 e. The fraction of sp³-hybridized carbons (Fsp3) is 1.00. The monoisotopic (exact) mass is 121 g/mol. The summed E-state index contributed by atoms with van der Waals surface area (Å²) in [6.45, 7) is 0. The molecule has 4 nitrogen and oxygen atoms in total. The second-order valence-corrected chi connectivity index (χ2v) is 1.63. The highest BCUT2D eigenvalue weighted by atomic mass is 16.5. The average molecular weight is 121 g/mol. The van der Waals surface area contributed by atoms with Crippen LogP contribution in [0.25, 0.3) is 0 Å². The van der Waals surface area contributed by atoms with Crippen LogP contribution in [0.3, 0.4) is 0 Å². The molecule has 1 unspecified atom stereocenters. The first-order valence-electron chi connectivity index (χ1n) is 2.42. The van der Waals surface area contributed by atoms with E-state index in [2.05, 4.69) is 0 Å². The minimum atomic E-state index is -1.35. The Balaban J connectivity index is 2.93. The van der Waals surface area contributed by atoms with Gasteiger partial charge in [0.2, 0.25) is 0 Å². The summed E-state index contributed by atoms with van der Waals surface area (Å²) in [6, 6.07) is 0. The molecule has 0 bridgehead atoms. The summed E-state index contributed by atoms with van der Waals surface area (Å²) in [6.07, 6.45) is -1.94. The zero-order valence-corrected chi connectivity index (χ0v) is 4.49. The number of rotatable bonds is 3. The Morgan fingerprint density at radius 2 is 1.62 bits per heavy atom. The summed E-state index contributed by atoms with van der Waals surface area (Å²) < 4.78 is 0. The van der Waals surface area contributed by atoms with Crippen molar-refractivity contribution in [2.45, 2.75) is 25.4 Å². The first kappa shape index (κ1) is 7.84. The van der Waals surface area contributed by atoms with Crippen molar-refractivity contribution in [3.05, 3.63) is 0 Å². The summed E-state index contributed by atoms with van der Waals surface area (Å²) in [4.78, 5) is 0. The van der Waals surface area contributed by atoms with E-state index >= 15 is 0 Å². The van der Waals surface area contributed by atoms with Gasteiger partial charge in [0, 0.05) is 6.42 Å². The van der Waals surface area contributed by atoms with E-state index in [9.17, 15) is 0 Å². The second-order valence-electron chi connectivity index (χ2n) is 1.63. The summed E-state index contributed by atoms with van der Waals surface area (Å²) in [5.74, 6) is 0. The summed E-state index contributed by atoms with van der Waals surface area (Å²) in [5, 5.41) is 24.7. The van der Waals surface area contributed by atoms with E-state index in [1.165, 1.54) is 0 Å².